The van der Waals surface area contributed by atoms with E-state index < -0.39 is 6.23 Å². The first kappa shape index (κ1) is 13.2. The van der Waals surface area contributed by atoms with Gasteiger partial charge in [0.05, 0.1) is 8.66 Å². The van der Waals surface area contributed by atoms with Crippen LogP contribution < -0.4 is 5.43 Å². The number of hydrogen-bond donors (Lipinski definition) is 2. The first-order valence-corrected chi connectivity index (χ1v) is 7.24. The van der Waals surface area contributed by atoms with E-state index in [1.165, 1.54) is 11.3 Å². The number of nitrogens with zero attached hydrogens (tertiary/aromatic N) is 1. The van der Waals surface area contributed by atoms with Crippen LogP contribution in [0, 0.1) is 0 Å². The monoisotopic (exact) mass is 318 g/mol. The van der Waals surface area contributed by atoms with Crippen molar-refractivity contribution in [1.82, 2.24) is 10.4 Å². The lowest BCUT2D eigenvalue weighted by Crippen LogP contribution is -2.42. The third-order valence-electron chi connectivity index (χ3n) is 2.74. The Hall–Kier alpha value is -0.270. The summed E-state index contributed by atoms with van der Waals surface area (Å²) in [5.74, 6) is 0.141. The summed E-state index contributed by atoms with van der Waals surface area (Å²) in [5, 5.41) is 11.4. The van der Waals surface area contributed by atoms with Crippen LogP contribution in [0.3, 0.4) is 0 Å². The van der Waals surface area contributed by atoms with Crippen molar-refractivity contribution in [2.45, 2.75) is 25.5 Å². The molecule has 0 saturated carbocycles. The van der Waals surface area contributed by atoms with Gasteiger partial charge in [-0.05, 0) is 40.9 Å². The topological polar surface area (TPSA) is 52.6 Å². The fourth-order valence-electron chi connectivity index (χ4n) is 1.83. The third kappa shape index (κ3) is 3.59. The Morgan fingerprint density at radius 3 is 3.06 bits per heavy atom. The Morgan fingerprint density at radius 2 is 2.47 bits per heavy atom. The van der Waals surface area contributed by atoms with E-state index in [9.17, 15) is 9.90 Å². The predicted octanol–water partition coefficient (Wildman–Crippen LogP) is 2.00. The van der Waals surface area contributed by atoms with Crippen LogP contribution in [0.2, 0.25) is 0 Å². The molecular formula is C11H15BrN2O2S. The molecule has 4 nitrogen and oxygen atoms in total. The Labute approximate surface area is 113 Å². The fourth-order valence-corrected chi connectivity index (χ4v) is 3.19. The van der Waals surface area contributed by atoms with E-state index in [-0.39, 0.29) is 5.78 Å². The van der Waals surface area contributed by atoms with E-state index in [0.717, 1.165) is 28.0 Å². The second-order valence-corrected chi connectivity index (χ2v) is 6.46. The van der Waals surface area contributed by atoms with Gasteiger partial charge in [-0.2, -0.15) is 0 Å². The molecule has 2 rings (SSSR count). The number of hydrogen-bond acceptors (Lipinski definition) is 5. The lowest BCUT2D eigenvalue weighted by molar-refractivity contribution is 0.00201. The van der Waals surface area contributed by atoms with E-state index in [4.69, 9.17) is 0 Å². The number of carbonyl (C=O) groups is 1. The van der Waals surface area contributed by atoms with Gasteiger partial charge in [0.15, 0.2) is 5.78 Å². The molecule has 1 atom stereocenters. The van der Waals surface area contributed by atoms with Crippen molar-refractivity contribution >= 4 is 33.0 Å². The van der Waals surface area contributed by atoms with E-state index in [1.807, 2.05) is 12.1 Å². The van der Waals surface area contributed by atoms with Crippen molar-refractivity contribution in [3.05, 3.63) is 20.8 Å². The van der Waals surface area contributed by atoms with Gasteiger partial charge >= 0.3 is 0 Å². The highest BCUT2D eigenvalue weighted by molar-refractivity contribution is 9.11. The highest BCUT2D eigenvalue weighted by Crippen LogP contribution is 2.23. The predicted molar refractivity (Wildman–Crippen MR) is 70.9 cm³/mol. The van der Waals surface area contributed by atoms with Gasteiger partial charge in [0.25, 0.3) is 0 Å². The molecule has 94 valence electrons. The van der Waals surface area contributed by atoms with E-state index in [2.05, 4.69) is 21.4 Å². The molecule has 1 aliphatic rings. The van der Waals surface area contributed by atoms with Crippen LogP contribution in [-0.4, -0.2) is 35.2 Å². The molecule has 2 N–H and O–H groups in total. The van der Waals surface area contributed by atoms with Gasteiger partial charge < -0.3 is 5.11 Å². The summed E-state index contributed by atoms with van der Waals surface area (Å²) in [7, 11) is 0. The lowest BCUT2D eigenvalue weighted by Gasteiger charge is -2.20. The number of aliphatic hydroxyl groups is 1. The number of nitrogens with one attached hydrogen (secondary N) is 1. The number of rotatable bonds is 5. The smallest absolute Gasteiger partial charge is 0.174 e. The second-order valence-electron chi connectivity index (χ2n) is 4.00. The van der Waals surface area contributed by atoms with Gasteiger partial charge in [-0.1, -0.05) is 0 Å². The van der Waals surface area contributed by atoms with E-state index in [1.54, 1.807) is 5.01 Å². The van der Waals surface area contributed by atoms with Crippen LogP contribution in [0.4, 0.5) is 0 Å². The van der Waals surface area contributed by atoms with E-state index in [0.29, 0.717) is 13.0 Å². The summed E-state index contributed by atoms with van der Waals surface area (Å²) < 4.78 is 0.976. The van der Waals surface area contributed by atoms with Crippen LogP contribution in [-0.2, 0) is 0 Å². The molecular weight excluding hydrogens is 304 g/mol. The van der Waals surface area contributed by atoms with Crippen molar-refractivity contribution in [1.29, 1.82) is 0 Å². The standard InChI is InChI=1S/C11H15BrN2O2S/c12-10-4-3-9(17-10)8(15)5-6-13-14-7-1-2-11(14)16/h3-4,11,13,16H,1-2,5-7H2. The van der Waals surface area contributed by atoms with Crippen LogP contribution >= 0.6 is 27.3 Å². The second kappa shape index (κ2) is 6.06. The normalized spacial score (nSPS) is 20.9. The molecule has 0 spiro atoms. The Morgan fingerprint density at radius 1 is 1.65 bits per heavy atom. The summed E-state index contributed by atoms with van der Waals surface area (Å²) in [6, 6.07) is 3.72. The average molecular weight is 319 g/mol. The number of hydrazine groups is 1. The van der Waals surface area contributed by atoms with Gasteiger partial charge in [0.2, 0.25) is 0 Å². The Balaban J connectivity index is 1.73. The van der Waals surface area contributed by atoms with E-state index >= 15 is 0 Å². The molecule has 1 saturated heterocycles. The highest BCUT2D eigenvalue weighted by Gasteiger charge is 2.21. The number of carbonyl (C=O) groups excluding carboxylic acids is 1. The number of thiophene rings is 1. The molecule has 1 aliphatic heterocycles. The average Bonchev–Trinajstić information content (AvgIpc) is 2.88. The van der Waals surface area contributed by atoms with Crippen LogP contribution in [0.5, 0.6) is 0 Å². The molecule has 1 aromatic rings. The van der Waals surface area contributed by atoms with Gasteiger partial charge in [-0.25, -0.2) is 5.01 Å². The zero-order valence-corrected chi connectivity index (χ0v) is 11.8. The van der Waals surface area contributed by atoms with Crippen LogP contribution in [0.1, 0.15) is 28.9 Å². The number of aliphatic hydroxyl groups excluding tert-OH is 1. The van der Waals surface area contributed by atoms with Crippen molar-refractivity contribution in [3.63, 3.8) is 0 Å². The van der Waals surface area contributed by atoms with Crippen molar-refractivity contribution in [3.8, 4) is 0 Å². The molecule has 1 aromatic heterocycles. The Bertz CT molecular complexity index is 397. The van der Waals surface area contributed by atoms with Gasteiger partial charge in [0, 0.05) is 19.5 Å². The SMILES string of the molecule is O=C(CCNN1CCCC1O)c1ccc(Br)s1. The quantitative estimate of drug-likeness (QED) is 0.815. The molecule has 2 heterocycles. The van der Waals surface area contributed by atoms with Crippen molar-refractivity contribution < 1.29 is 9.90 Å². The minimum atomic E-state index is -0.402. The number of Topliss-reactive ketones (excluding diaryl/α,β-unsaturated/α-hetero) is 1. The van der Waals surface area contributed by atoms with Crippen LogP contribution in [0.25, 0.3) is 0 Å². The molecule has 0 amide bonds. The van der Waals surface area contributed by atoms with Gasteiger partial charge in [0.1, 0.15) is 6.23 Å². The summed E-state index contributed by atoms with van der Waals surface area (Å²) in [6.07, 6.45) is 1.86. The lowest BCUT2D eigenvalue weighted by atomic mass is 10.2. The molecule has 0 bridgehead atoms. The first-order chi connectivity index (χ1) is 8.16. The first-order valence-electron chi connectivity index (χ1n) is 5.63. The molecule has 0 aromatic carbocycles. The van der Waals surface area contributed by atoms with Crippen molar-refractivity contribution in [2.24, 2.45) is 0 Å². The zero-order valence-electron chi connectivity index (χ0n) is 9.36. The molecule has 1 unspecified atom stereocenters. The van der Waals surface area contributed by atoms with Crippen molar-refractivity contribution in [2.75, 3.05) is 13.1 Å². The minimum Gasteiger partial charge on any atom is -0.377 e. The molecule has 0 radical (unpaired) electrons. The van der Waals surface area contributed by atoms with Gasteiger partial charge in [-0.3, -0.25) is 10.2 Å². The Kier molecular flexibility index (Phi) is 4.69. The summed E-state index contributed by atoms with van der Waals surface area (Å²) >= 11 is 4.80. The van der Waals surface area contributed by atoms with Crippen LogP contribution in [0.15, 0.2) is 15.9 Å². The maximum Gasteiger partial charge on any atom is 0.174 e. The molecule has 0 aliphatic carbocycles. The van der Waals surface area contributed by atoms with Gasteiger partial charge in [-0.15, -0.1) is 11.3 Å². The fraction of sp³-hybridized carbons (Fsp3) is 0.545. The largest absolute Gasteiger partial charge is 0.377 e. The maximum absolute atomic E-state index is 11.8. The zero-order chi connectivity index (χ0) is 12.3. The minimum absolute atomic E-state index is 0.141. The maximum atomic E-state index is 11.8. The molecule has 1 fully saturated rings. The molecule has 6 heteroatoms. The number of ketones is 1. The summed E-state index contributed by atoms with van der Waals surface area (Å²) in [6.45, 7) is 1.42. The number of halogens is 1. The highest BCUT2D eigenvalue weighted by atomic mass is 79.9. The summed E-state index contributed by atoms with van der Waals surface area (Å²) in [4.78, 5) is 12.6. The molecule has 17 heavy (non-hydrogen) atoms. The third-order valence-corrected chi connectivity index (χ3v) is 4.40. The summed E-state index contributed by atoms with van der Waals surface area (Å²) in [5.41, 5.74) is 3.09.